The van der Waals surface area contributed by atoms with Gasteiger partial charge in [-0.2, -0.15) is 0 Å². The largest absolute Gasteiger partial charge is 0.389 e. The van der Waals surface area contributed by atoms with Gasteiger partial charge in [0.1, 0.15) is 0 Å². The molecule has 0 aromatic carbocycles. The summed E-state index contributed by atoms with van der Waals surface area (Å²) in [6.45, 7) is 10.8. The van der Waals surface area contributed by atoms with Crippen LogP contribution in [0.1, 0.15) is 53.9 Å². The van der Waals surface area contributed by atoms with E-state index in [4.69, 9.17) is 0 Å². The van der Waals surface area contributed by atoms with E-state index in [0.717, 1.165) is 12.8 Å². The van der Waals surface area contributed by atoms with E-state index in [1.54, 1.807) is 18.7 Å². The summed E-state index contributed by atoms with van der Waals surface area (Å²) in [5.41, 5.74) is -0.806. The second-order valence-corrected chi connectivity index (χ2v) is 5.11. The molecular formula is C13H27NO2. The molecule has 1 N–H and O–H groups in total. The first-order chi connectivity index (χ1) is 7.34. The molecule has 0 bridgehead atoms. The Labute approximate surface area is 99.8 Å². The summed E-state index contributed by atoms with van der Waals surface area (Å²) in [6, 6.07) is 0. The Hall–Kier alpha value is -0.570. The van der Waals surface area contributed by atoms with Gasteiger partial charge in [-0.05, 0) is 26.7 Å². The van der Waals surface area contributed by atoms with E-state index in [0.29, 0.717) is 25.4 Å². The van der Waals surface area contributed by atoms with Crippen molar-refractivity contribution in [1.82, 2.24) is 4.90 Å². The zero-order valence-electron chi connectivity index (χ0n) is 11.4. The van der Waals surface area contributed by atoms with Crippen LogP contribution in [-0.4, -0.2) is 34.6 Å². The van der Waals surface area contributed by atoms with Crippen molar-refractivity contribution in [1.29, 1.82) is 0 Å². The summed E-state index contributed by atoms with van der Waals surface area (Å²) >= 11 is 0. The number of carbonyl (C=O) groups is 1. The van der Waals surface area contributed by atoms with Gasteiger partial charge in [-0.25, -0.2) is 0 Å². The highest BCUT2D eigenvalue weighted by molar-refractivity contribution is 5.76. The molecule has 16 heavy (non-hydrogen) atoms. The van der Waals surface area contributed by atoms with Crippen LogP contribution in [0.15, 0.2) is 0 Å². The third-order valence-electron chi connectivity index (χ3n) is 2.93. The van der Waals surface area contributed by atoms with Crippen LogP contribution < -0.4 is 0 Å². The molecule has 0 saturated carbocycles. The molecule has 96 valence electrons. The average molecular weight is 229 g/mol. The molecule has 1 amide bonds. The van der Waals surface area contributed by atoms with E-state index in [1.807, 2.05) is 6.92 Å². The van der Waals surface area contributed by atoms with Gasteiger partial charge in [0, 0.05) is 19.5 Å². The Morgan fingerprint density at radius 3 is 2.06 bits per heavy atom. The minimum absolute atomic E-state index is 0.165. The Morgan fingerprint density at radius 1 is 1.25 bits per heavy atom. The SMILES string of the molecule is CCC(CC)CC(=O)N(CC)CC(C)(C)O. The van der Waals surface area contributed by atoms with Gasteiger partial charge in [-0.15, -0.1) is 0 Å². The highest BCUT2D eigenvalue weighted by atomic mass is 16.3. The number of rotatable bonds is 7. The molecule has 0 aromatic heterocycles. The number of likely N-dealkylation sites (N-methyl/N-ethyl adjacent to an activating group) is 1. The lowest BCUT2D eigenvalue weighted by Crippen LogP contribution is -2.42. The molecule has 3 heteroatoms. The monoisotopic (exact) mass is 229 g/mol. The predicted octanol–water partition coefficient (Wildman–Crippen LogP) is 2.43. The van der Waals surface area contributed by atoms with Gasteiger partial charge in [0.2, 0.25) is 5.91 Å². The molecule has 0 heterocycles. The first-order valence-corrected chi connectivity index (χ1v) is 6.34. The van der Waals surface area contributed by atoms with Crippen molar-refractivity contribution in [2.75, 3.05) is 13.1 Å². The number of amides is 1. The summed E-state index contributed by atoms with van der Waals surface area (Å²) in [4.78, 5) is 13.7. The van der Waals surface area contributed by atoms with Crippen LogP contribution in [0, 0.1) is 5.92 Å². The summed E-state index contributed by atoms with van der Waals surface area (Å²) < 4.78 is 0. The Morgan fingerprint density at radius 2 is 1.75 bits per heavy atom. The number of hydrogen-bond acceptors (Lipinski definition) is 2. The molecule has 3 nitrogen and oxygen atoms in total. The molecule has 0 aliphatic carbocycles. The Bertz CT molecular complexity index is 204. The van der Waals surface area contributed by atoms with Crippen molar-refractivity contribution < 1.29 is 9.90 Å². The van der Waals surface area contributed by atoms with Crippen LogP contribution in [0.3, 0.4) is 0 Å². The van der Waals surface area contributed by atoms with E-state index < -0.39 is 5.60 Å². The van der Waals surface area contributed by atoms with Crippen LogP contribution in [0.4, 0.5) is 0 Å². The van der Waals surface area contributed by atoms with Gasteiger partial charge in [-0.1, -0.05) is 26.7 Å². The molecule has 0 rings (SSSR count). The van der Waals surface area contributed by atoms with Crippen LogP contribution in [-0.2, 0) is 4.79 Å². The van der Waals surface area contributed by atoms with Crippen LogP contribution in [0.25, 0.3) is 0 Å². The summed E-state index contributed by atoms with van der Waals surface area (Å²) in [5.74, 6) is 0.640. The zero-order chi connectivity index (χ0) is 12.8. The maximum atomic E-state index is 12.0. The third kappa shape index (κ3) is 6.11. The maximum Gasteiger partial charge on any atom is 0.222 e. The fraction of sp³-hybridized carbons (Fsp3) is 0.923. The van der Waals surface area contributed by atoms with Crippen LogP contribution in [0.2, 0.25) is 0 Å². The minimum Gasteiger partial charge on any atom is -0.389 e. The first-order valence-electron chi connectivity index (χ1n) is 6.34. The molecule has 0 aliphatic rings. The second-order valence-electron chi connectivity index (χ2n) is 5.11. The van der Waals surface area contributed by atoms with Crippen LogP contribution >= 0.6 is 0 Å². The van der Waals surface area contributed by atoms with Crippen molar-refractivity contribution in [2.45, 2.75) is 59.5 Å². The summed E-state index contributed by atoms with van der Waals surface area (Å²) in [6.07, 6.45) is 2.70. The fourth-order valence-corrected chi connectivity index (χ4v) is 1.80. The molecule has 0 unspecified atom stereocenters. The van der Waals surface area contributed by atoms with Crippen molar-refractivity contribution in [2.24, 2.45) is 5.92 Å². The molecule has 0 saturated heterocycles. The lowest BCUT2D eigenvalue weighted by molar-refractivity contribution is -0.135. The smallest absolute Gasteiger partial charge is 0.222 e. The molecule has 0 radical (unpaired) electrons. The second kappa shape index (κ2) is 6.89. The zero-order valence-corrected chi connectivity index (χ0v) is 11.4. The van der Waals surface area contributed by atoms with E-state index in [2.05, 4.69) is 13.8 Å². The quantitative estimate of drug-likeness (QED) is 0.728. The van der Waals surface area contributed by atoms with Gasteiger partial charge >= 0.3 is 0 Å². The fourth-order valence-electron chi connectivity index (χ4n) is 1.80. The normalized spacial score (nSPS) is 11.9. The highest BCUT2D eigenvalue weighted by Crippen LogP contribution is 2.15. The summed E-state index contributed by atoms with van der Waals surface area (Å²) in [7, 11) is 0. The first kappa shape index (κ1) is 15.4. The van der Waals surface area contributed by atoms with Crippen LogP contribution in [0.5, 0.6) is 0 Å². The van der Waals surface area contributed by atoms with Crippen molar-refractivity contribution in [3.05, 3.63) is 0 Å². The van der Waals surface area contributed by atoms with E-state index >= 15 is 0 Å². The van der Waals surface area contributed by atoms with Gasteiger partial charge in [-0.3, -0.25) is 4.79 Å². The lowest BCUT2D eigenvalue weighted by atomic mass is 9.98. The van der Waals surface area contributed by atoms with Gasteiger partial charge in [0.15, 0.2) is 0 Å². The van der Waals surface area contributed by atoms with Gasteiger partial charge < -0.3 is 10.0 Å². The topological polar surface area (TPSA) is 40.5 Å². The third-order valence-corrected chi connectivity index (χ3v) is 2.93. The average Bonchev–Trinajstić information content (AvgIpc) is 2.20. The molecule has 0 atom stereocenters. The molecular weight excluding hydrogens is 202 g/mol. The van der Waals surface area contributed by atoms with E-state index in [9.17, 15) is 9.90 Å². The number of aliphatic hydroxyl groups is 1. The standard InChI is InChI=1S/C13H27NO2/c1-6-11(7-2)9-12(15)14(8-3)10-13(4,5)16/h11,16H,6-10H2,1-5H3. The van der Waals surface area contributed by atoms with E-state index in [1.165, 1.54) is 0 Å². The lowest BCUT2D eigenvalue weighted by Gasteiger charge is -2.29. The number of carbonyl (C=O) groups excluding carboxylic acids is 1. The molecule has 0 spiro atoms. The van der Waals surface area contributed by atoms with Crippen molar-refractivity contribution in [3.63, 3.8) is 0 Å². The molecule has 0 fully saturated rings. The molecule has 0 aliphatic heterocycles. The van der Waals surface area contributed by atoms with Gasteiger partial charge in [0.05, 0.1) is 5.60 Å². The molecule has 0 aromatic rings. The highest BCUT2D eigenvalue weighted by Gasteiger charge is 2.22. The predicted molar refractivity (Wildman–Crippen MR) is 67.2 cm³/mol. The van der Waals surface area contributed by atoms with Crippen molar-refractivity contribution in [3.8, 4) is 0 Å². The summed E-state index contributed by atoms with van der Waals surface area (Å²) in [5, 5.41) is 9.72. The Balaban J connectivity index is 4.31. The number of nitrogens with zero attached hydrogens (tertiary/aromatic N) is 1. The number of hydrogen-bond donors (Lipinski definition) is 1. The van der Waals surface area contributed by atoms with Crippen molar-refractivity contribution >= 4 is 5.91 Å². The van der Waals surface area contributed by atoms with Gasteiger partial charge in [0.25, 0.3) is 0 Å². The minimum atomic E-state index is -0.806. The maximum absolute atomic E-state index is 12.0. The Kier molecular flexibility index (Phi) is 6.65. The van der Waals surface area contributed by atoms with E-state index in [-0.39, 0.29) is 5.91 Å².